The summed E-state index contributed by atoms with van der Waals surface area (Å²) in [4.78, 5) is 24.2. The van der Waals surface area contributed by atoms with Gasteiger partial charge in [0, 0.05) is 18.7 Å². The second kappa shape index (κ2) is 36.3. The molecule has 0 bridgehead atoms. The standard InChI is InChI=1S/C39H73O4P/c1-3-5-7-9-11-13-15-17-19-21-23-25-27-29-31-33-38(40)42-35-37(36-44)43-39(41)34-32-30-28-26-24-22-20-18-16-14-12-10-8-6-4-2/h28,30,32,34,37H,3-27,29,31,33,35-36,44H2,1-2H3/b30-28+,34-32+/t37-/m1/s1. The Hall–Kier alpha value is -1.15. The Bertz CT molecular complexity index is 675. The fourth-order valence-corrected chi connectivity index (χ4v) is 5.72. The highest BCUT2D eigenvalue weighted by atomic mass is 31.0. The van der Waals surface area contributed by atoms with Crippen LogP contribution in [0.5, 0.6) is 0 Å². The lowest BCUT2D eigenvalue weighted by atomic mass is 10.0. The fraction of sp³-hybridized carbons (Fsp3) is 0.846. The summed E-state index contributed by atoms with van der Waals surface area (Å²) in [6.45, 7) is 4.66. The molecule has 0 rings (SSSR count). The predicted octanol–water partition coefficient (Wildman–Crippen LogP) is 12.4. The van der Waals surface area contributed by atoms with Gasteiger partial charge in [-0.15, -0.1) is 9.24 Å². The van der Waals surface area contributed by atoms with Crippen LogP contribution in [0.2, 0.25) is 0 Å². The van der Waals surface area contributed by atoms with E-state index in [0.717, 1.165) is 19.3 Å². The fourth-order valence-electron chi connectivity index (χ4n) is 5.49. The molecule has 0 radical (unpaired) electrons. The van der Waals surface area contributed by atoms with Gasteiger partial charge in [-0.2, -0.15) is 0 Å². The van der Waals surface area contributed by atoms with Crippen LogP contribution in [0.15, 0.2) is 24.3 Å². The largest absolute Gasteiger partial charge is 0.462 e. The number of unbranched alkanes of at least 4 members (excludes halogenated alkanes) is 25. The molecule has 0 aliphatic carbocycles. The number of rotatable bonds is 34. The lowest BCUT2D eigenvalue weighted by Gasteiger charge is -2.15. The van der Waals surface area contributed by atoms with Crippen LogP contribution in [0.3, 0.4) is 0 Å². The first kappa shape index (κ1) is 42.9. The van der Waals surface area contributed by atoms with E-state index in [1.54, 1.807) is 6.08 Å². The minimum Gasteiger partial charge on any atom is -0.462 e. The van der Waals surface area contributed by atoms with Crippen LogP contribution in [0, 0.1) is 0 Å². The van der Waals surface area contributed by atoms with Crippen LogP contribution in [0.25, 0.3) is 0 Å². The molecule has 258 valence electrons. The normalized spacial score (nSPS) is 12.3. The summed E-state index contributed by atoms with van der Waals surface area (Å²) in [6, 6.07) is 0. The van der Waals surface area contributed by atoms with E-state index in [0.29, 0.717) is 12.6 Å². The summed E-state index contributed by atoms with van der Waals surface area (Å²) < 4.78 is 10.8. The Balaban J connectivity index is 3.63. The van der Waals surface area contributed by atoms with Crippen LogP contribution < -0.4 is 0 Å². The van der Waals surface area contributed by atoms with Crippen molar-refractivity contribution in [2.75, 3.05) is 12.8 Å². The molecule has 0 N–H and O–H groups in total. The second-order valence-electron chi connectivity index (χ2n) is 12.8. The van der Waals surface area contributed by atoms with Crippen molar-refractivity contribution in [3.8, 4) is 0 Å². The van der Waals surface area contributed by atoms with Crippen LogP contribution in [0.1, 0.15) is 194 Å². The minimum absolute atomic E-state index is 0.120. The smallest absolute Gasteiger partial charge is 0.331 e. The van der Waals surface area contributed by atoms with Crippen molar-refractivity contribution >= 4 is 21.2 Å². The van der Waals surface area contributed by atoms with Gasteiger partial charge in [-0.3, -0.25) is 4.79 Å². The van der Waals surface area contributed by atoms with Crippen molar-refractivity contribution in [3.63, 3.8) is 0 Å². The first-order valence-corrected chi connectivity index (χ1v) is 19.8. The van der Waals surface area contributed by atoms with Crippen LogP contribution in [-0.4, -0.2) is 30.8 Å². The molecule has 0 spiro atoms. The first-order valence-electron chi connectivity index (χ1n) is 19.0. The number of hydrogen-bond donors (Lipinski definition) is 0. The number of allylic oxidation sites excluding steroid dienone is 3. The van der Waals surface area contributed by atoms with Crippen LogP contribution in [-0.2, 0) is 19.1 Å². The quantitative estimate of drug-likeness (QED) is 0.0232. The summed E-state index contributed by atoms with van der Waals surface area (Å²) in [5.41, 5.74) is 0. The SMILES string of the molecule is CCCCCCCCCCCCC/C=C/C=C/C(=O)O[C@@H](CP)COC(=O)CCCCCCCCCCCCCCCCC. The molecule has 4 nitrogen and oxygen atoms in total. The maximum Gasteiger partial charge on any atom is 0.331 e. The zero-order chi connectivity index (χ0) is 32.2. The molecule has 44 heavy (non-hydrogen) atoms. The molecule has 0 aliphatic heterocycles. The maximum atomic E-state index is 12.1. The van der Waals surface area contributed by atoms with E-state index in [4.69, 9.17) is 9.47 Å². The topological polar surface area (TPSA) is 52.6 Å². The Labute approximate surface area is 276 Å². The molecule has 0 saturated carbocycles. The molecule has 1 unspecified atom stereocenters. The second-order valence-corrected chi connectivity index (χ2v) is 13.3. The third-order valence-electron chi connectivity index (χ3n) is 8.41. The molecule has 0 saturated heterocycles. The van der Waals surface area contributed by atoms with E-state index in [-0.39, 0.29) is 12.6 Å². The van der Waals surface area contributed by atoms with Crippen molar-refractivity contribution in [1.29, 1.82) is 0 Å². The zero-order valence-corrected chi connectivity index (χ0v) is 30.5. The molecule has 0 heterocycles. The molecular formula is C39H73O4P. The summed E-state index contributed by atoms with van der Waals surface area (Å²) in [6.07, 6.45) is 43.3. The number of carbonyl (C=O) groups excluding carboxylic acids is 2. The molecular weight excluding hydrogens is 563 g/mol. The summed E-state index contributed by atoms with van der Waals surface area (Å²) >= 11 is 0. The summed E-state index contributed by atoms with van der Waals surface area (Å²) in [5, 5.41) is 0. The van der Waals surface area contributed by atoms with Gasteiger partial charge in [0.15, 0.2) is 0 Å². The van der Waals surface area contributed by atoms with E-state index in [1.165, 1.54) is 160 Å². The highest BCUT2D eigenvalue weighted by Gasteiger charge is 2.13. The van der Waals surface area contributed by atoms with Gasteiger partial charge in [-0.1, -0.05) is 186 Å². The maximum absolute atomic E-state index is 12.1. The van der Waals surface area contributed by atoms with Gasteiger partial charge in [-0.25, -0.2) is 4.79 Å². The molecule has 0 amide bonds. The van der Waals surface area contributed by atoms with E-state index >= 15 is 0 Å². The molecule has 0 aliphatic rings. The number of carbonyl (C=O) groups is 2. The average Bonchev–Trinajstić information content (AvgIpc) is 3.02. The van der Waals surface area contributed by atoms with Gasteiger partial charge in [0.2, 0.25) is 0 Å². The van der Waals surface area contributed by atoms with Gasteiger partial charge in [0.05, 0.1) is 0 Å². The van der Waals surface area contributed by atoms with E-state index in [1.807, 2.05) is 6.08 Å². The molecule has 0 aromatic rings. The van der Waals surface area contributed by atoms with Crippen molar-refractivity contribution in [1.82, 2.24) is 0 Å². The lowest BCUT2D eigenvalue weighted by Crippen LogP contribution is -2.25. The zero-order valence-electron chi connectivity index (χ0n) is 29.3. The molecule has 5 heteroatoms. The number of ether oxygens (including phenoxy) is 2. The van der Waals surface area contributed by atoms with Gasteiger partial charge in [0.25, 0.3) is 0 Å². The van der Waals surface area contributed by atoms with Crippen molar-refractivity contribution in [2.45, 2.75) is 200 Å². The Kier molecular flexibility index (Phi) is 35.4. The van der Waals surface area contributed by atoms with Crippen molar-refractivity contribution in [3.05, 3.63) is 24.3 Å². The third kappa shape index (κ3) is 33.7. The summed E-state index contributed by atoms with van der Waals surface area (Å²) in [5.74, 6) is -0.588. The van der Waals surface area contributed by atoms with E-state index in [2.05, 4.69) is 29.2 Å². The van der Waals surface area contributed by atoms with Crippen molar-refractivity contribution in [2.24, 2.45) is 0 Å². The minimum atomic E-state index is -0.428. The van der Waals surface area contributed by atoms with Crippen LogP contribution in [0.4, 0.5) is 0 Å². The molecule has 0 fully saturated rings. The predicted molar refractivity (Wildman–Crippen MR) is 194 cm³/mol. The first-order chi connectivity index (χ1) is 21.6. The number of esters is 2. The number of hydrogen-bond acceptors (Lipinski definition) is 4. The molecule has 0 aromatic heterocycles. The lowest BCUT2D eigenvalue weighted by molar-refractivity contribution is -0.154. The third-order valence-corrected chi connectivity index (χ3v) is 8.94. The van der Waals surface area contributed by atoms with Gasteiger partial charge >= 0.3 is 11.9 Å². The monoisotopic (exact) mass is 637 g/mol. The highest BCUT2D eigenvalue weighted by Crippen LogP contribution is 2.15. The molecule has 0 aromatic carbocycles. The molecule has 2 atom stereocenters. The van der Waals surface area contributed by atoms with E-state index in [9.17, 15) is 9.59 Å². The van der Waals surface area contributed by atoms with Gasteiger partial charge in [-0.05, 0) is 19.3 Å². The van der Waals surface area contributed by atoms with Gasteiger partial charge in [0.1, 0.15) is 12.7 Å². The van der Waals surface area contributed by atoms with Gasteiger partial charge < -0.3 is 9.47 Å². The Morgan fingerprint density at radius 2 is 0.977 bits per heavy atom. The highest BCUT2D eigenvalue weighted by molar-refractivity contribution is 7.16. The van der Waals surface area contributed by atoms with E-state index < -0.39 is 12.1 Å². The average molecular weight is 637 g/mol. The van der Waals surface area contributed by atoms with Crippen molar-refractivity contribution < 1.29 is 19.1 Å². The Morgan fingerprint density at radius 3 is 1.41 bits per heavy atom. The Morgan fingerprint density at radius 1 is 0.568 bits per heavy atom. The summed E-state index contributed by atoms with van der Waals surface area (Å²) in [7, 11) is 2.57. The van der Waals surface area contributed by atoms with Crippen LogP contribution >= 0.6 is 9.24 Å².